The third-order valence-electron chi connectivity index (χ3n) is 2.42. The van der Waals surface area contributed by atoms with Crippen LogP contribution in [-0.2, 0) is 0 Å². The van der Waals surface area contributed by atoms with E-state index in [-0.39, 0.29) is 0 Å². The van der Waals surface area contributed by atoms with Gasteiger partial charge in [0.1, 0.15) is 5.84 Å². The number of amidine groups is 1. The summed E-state index contributed by atoms with van der Waals surface area (Å²) in [6, 6.07) is 5.78. The van der Waals surface area contributed by atoms with Gasteiger partial charge in [-0.05, 0) is 31.0 Å². The summed E-state index contributed by atoms with van der Waals surface area (Å²) >= 11 is 5.89. The van der Waals surface area contributed by atoms with Crippen LogP contribution in [0, 0.1) is 6.92 Å². The summed E-state index contributed by atoms with van der Waals surface area (Å²) in [6.45, 7) is 2.02. The summed E-state index contributed by atoms with van der Waals surface area (Å²) in [4.78, 5) is 0. The lowest BCUT2D eigenvalue weighted by Gasteiger charge is -2.11. The molecule has 0 atom stereocenters. The highest BCUT2D eigenvalue weighted by molar-refractivity contribution is 6.30. The fourth-order valence-electron chi connectivity index (χ4n) is 1.61. The van der Waals surface area contributed by atoms with Crippen LogP contribution in [0.15, 0.2) is 28.4 Å². The van der Waals surface area contributed by atoms with E-state index in [1.807, 2.05) is 25.1 Å². The molecule has 0 aliphatic carbocycles. The molecular formula is C11H12ClN3. The number of aryl methyl sites for hydroxylation is 1. The average molecular weight is 222 g/mol. The normalized spacial score (nSPS) is 15.9. The maximum atomic E-state index is 5.89. The van der Waals surface area contributed by atoms with Crippen molar-refractivity contribution in [2.45, 2.75) is 19.8 Å². The number of hydrogen-bond donors (Lipinski definition) is 1. The van der Waals surface area contributed by atoms with Crippen molar-refractivity contribution in [3.05, 3.63) is 34.3 Å². The van der Waals surface area contributed by atoms with Crippen molar-refractivity contribution in [3.63, 3.8) is 0 Å². The smallest absolute Gasteiger partial charge is 0.122 e. The minimum Gasteiger partial charge on any atom is -0.386 e. The predicted molar refractivity (Wildman–Crippen MR) is 63.6 cm³/mol. The Hall–Kier alpha value is -1.35. The van der Waals surface area contributed by atoms with Crippen LogP contribution in [0.4, 0.5) is 0 Å². The van der Waals surface area contributed by atoms with Gasteiger partial charge in [0.15, 0.2) is 0 Å². The number of benzene rings is 1. The summed E-state index contributed by atoms with van der Waals surface area (Å²) < 4.78 is 0. The van der Waals surface area contributed by atoms with Crippen LogP contribution in [-0.4, -0.2) is 11.5 Å². The van der Waals surface area contributed by atoms with E-state index in [2.05, 4.69) is 10.2 Å². The summed E-state index contributed by atoms with van der Waals surface area (Å²) in [5, 5.41) is 8.75. The van der Waals surface area contributed by atoms with Crippen molar-refractivity contribution in [2.24, 2.45) is 15.9 Å². The third kappa shape index (κ3) is 2.18. The molecule has 3 nitrogen and oxygen atoms in total. The third-order valence-corrected chi connectivity index (χ3v) is 2.65. The van der Waals surface area contributed by atoms with Gasteiger partial charge < -0.3 is 5.73 Å². The Morgan fingerprint density at radius 2 is 2.07 bits per heavy atom. The molecule has 78 valence electrons. The van der Waals surface area contributed by atoms with Crippen LogP contribution in [0.3, 0.4) is 0 Å². The van der Waals surface area contributed by atoms with Gasteiger partial charge in [-0.25, -0.2) is 0 Å². The van der Waals surface area contributed by atoms with E-state index in [0.29, 0.717) is 5.84 Å². The molecule has 1 heterocycles. The van der Waals surface area contributed by atoms with E-state index >= 15 is 0 Å². The topological polar surface area (TPSA) is 50.7 Å². The molecule has 1 aromatic carbocycles. The standard InChI is InChI=1S/C11H12ClN3/c1-7-6-8(12)2-3-9(7)10-4-5-11(13)15-14-10/h2-3,6H,4-5H2,1H3,(H2,13,15). The molecule has 2 N–H and O–H groups in total. The van der Waals surface area contributed by atoms with Gasteiger partial charge in [-0.15, -0.1) is 5.10 Å². The Kier molecular flexibility index (Phi) is 2.73. The zero-order chi connectivity index (χ0) is 10.8. The van der Waals surface area contributed by atoms with Gasteiger partial charge in [0, 0.05) is 17.0 Å². The lowest BCUT2D eigenvalue weighted by Crippen LogP contribution is -2.18. The lowest BCUT2D eigenvalue weighted by molar-refractivity contribution is 1.02. The van der Waals surface area contributed by atoms with Gasteiger partial charge >= 0.3 is 0 Å². The second kappa shape index (κ2) is 4.03. The van der Waals surface area contributed by atoms with E-state index in [0.717, 1.165) is 34.7 Å². The van der Waals surface area contributed by atoms with Crippen molar-refractivity contribution in [3.8, 4) is 0 Å². The molecule has 0 amide bonds. The summed E-state index contributed by atoms with van der Waals surface area (Å²) in [5.74, 6) is 0.602. The van der Waals surface area contributed by atoms with Crippen molar-refractivity contribution < 1.29 is 0 Å². The van der Waals surface area contributed by atoms with Crippen LogP contribution >= 0.6 is 11.6 Å². The molecule has 1 aliphatic rings. The van der Waals surface area contributed by atoms with Crippen LogP contribution in [0.1, 0.15) is 24.0 Å². The number of rotatable bonds is 1. The molecule has 0 fully saturated rings. The molecule has 4 heteroatoms. The molecular weight excluding hydrogens is 210 g/mol. The lowest BCUT2D eigenvalue weighted by atomic mass is 10.00. The fourth-order valence-corrected chi connectivity index (χ4v) is 1.84. The van der Waals surface area contributed by atoms with E-state index in [4.69, 9.17) is 17.3 Å². The second-order valence-electron chi connectivity index (χ2n) is 3.60. The van der Waals surface area contributed by atoms with E-state index < -0.39 is 0 Å². The molecule has 0 bridgehead atoms. The fraction of sp³-hybridized carbons (Fsp3) is 0.273. The monoisotopic (exact) mass is 221 g/mol. The molecule has 15 heavy (non-hydrogen) atoms. The molecule has 0 unspecified atom stereocenters. The summed E-state index contributed by atoms with van der Waals surface area (Å²) in [6.07, 6.45) is 1.62. The van der Waals surface area contributed by atoms with Gasteiger partial charge in [-0.3, -0.25) is 0 Å². The highest BCUT2D eigenvalue weighted by atomic mass is 35.5. The minimum atomic E-state index is 0.602. The molecule has 0 spiro atoms. The van der Waals surface area contributed by atoms with Gasteiger partial charge in [0.2, 0.25) is 0 Å². The highest BCUT2D eigenvalue weighted by Crippen LogP contribution is 2.19. The molecule has 0 saturated heterocycles. The van der Waals surface area contributed by atoms with Crippen molar-refractivity contribution >= 4 is 23.1 Å². The minimum absolute atomic E-state index is 0.602. The summed E-state index contributed by atoms with van der Waals surface area (Å²) in [5.41, 5.74) is 8.77. The van der Waals surface area contributed by atoms with Gasteiger partial charge in [0.05, 0.1) is 5.71 Å². The molecule has 1 aliphatic heterocycles. The molecule has 0 aromatic heterocycles. The first kappa shape index (κ1) is 10.2. The Bertz CT molecular complexity index is 449. The Balaban J connectivity index is 2.38. The quantitative estimate of drug-likeness (QED) is 0.778. The number of nitrogens with two attached hydrogens (primary N) is 1. The SMILES string of the molecule is Cc1cc(Cl)ccc1C1=NN=C(N)CC1. The van der Waals surface area contributed by atoms with E-state index in [9.17, 15) is 0 Å². The average Bonchev–Trinajstić information content (AvgIpc) is 2.20. The van der Waals surface area contributed by atoms with Gasteiger partial charge in [-0.2, -0.15) is 5.10 Å². The first-order valence-corrected chi connectivity index (χ1v) is 5.20. The van der Waals surface area contributed by atoms with E-state index in [1.165, 1.54) is 0 Å². The number of hydrogen-bond acceptors (Lipinski definition) is 3. The second-order valence-corrected chi connectivity index (χ2v) is 4.03. The Morgan fingerprint density at radius 1 is 1.27 bits per heavy atom. The molecule has 0 radical (unpaired) electrons. The number of halogens is 1. The van der Waals surface area contributed by atoms with Crippen molar-refractivity contribution in [1.82, 2.24) is 0 Å². The Labute approximate surface area is 93.7 Å². The molecule has 2 rings (SSSR count). The predicted octanol–water partition coefficient (Wildman–Crippen LogP) is 2.50. The maximum absolute atomic E-state index is 5.89. The largest absolute Gasteiger partial charge is 0.386 e. The first-order chi connectivity index (χ1) is 7.16. The van der Waals surface area contributed by atoms with Crippen LogP contribution in [0.5, 0.6) is 0 Å². The zero-order valence-electron chi connectivity index (χ0n) is 8.50. The maximum Gasteiger partial charge on any atom is 0.122 e. The highest BCUT2D eigenvalue weighted by Gasteiger charge is 2.11. The van der Waals surface area contributed by atoms with Crippen molar-refractivity contribution in [2.75, 3.05) is 0 Å². The first-order valence-electron chi connectivity index (χ1n) is 4.82. The van der Waals surface area contributed by atoms with E-state index in [1.54, 1.807) is 0 Å². The van der Waals surface area contributed by atoms with Gasteiger partial charge in [0.25, 0.3) is 0 Å². The number of nitrogens with zero attached hydrogens (tertiary/aromatic N) is 2. The molecule has 1 aromatic rings. The summed E-state index contributed by atoms with van der Waals surface area (Å²) in [7, 11) is 0. The van der Waals surface area contributed by atoms with Crippen molar-refractivity contribution in [1.29, 1.82) is 0 Å². The molecule has 0 saturated carbocycles. The van der Waals surface area contributed by atoms with Crippen LogP contribution in [0.2, 0.25) is 5.02 Å². The van der Waals surface area contributed by atoms with Crippen LogP contribution < -0.4 is 5.73 Å². The Morgan fingerprint density at radius 3 is 2.67 bits per heavy atom. The zero-order valence-corrected chi connectivity index (χ0v) is 9.25. The van der Waals surface area contributed by atoms with Crippen LogP contribution in [0.25, 0.3) is 0 Å². The van der Waals surface area contributed by atoms with Gasteiger partial charge in [-0.1, -0.05) is 17.7 Å².